The summed E-state index contributed by atoms with van der Waals surface area (Å²) in [7, 11) is 0. The fraction of sp³-hybridized carbons (Fsp3) is 0.174. The maximum Gasteiger partial charge on any atom is 0.257 e. The number of nitrogens with one attached hydrogen (secondary N) is 2. The summed E-state index contributed by atoms with van der Waals surface area (Å²) < 4.78 is 6.02. The average Bonchev–Trinajstić information content (AvgIpc) is 2.73. The van der Waals surface area contributed by atoms with E-state index in [1.165, 1.54) is 0 Å². The third-order valence-electron chi connectivity index (χ3n) is 4.59. The number of amides is 1. The van der Waals surface area contributed by atoms with Crippen LogP contribution >= 0.6 is 12.2 Å². The summed E-state index contributed by atoms with van der Waals surface area (Å²) in [6.45, 7) is 6.30. The van der Waals surface area contributed by atoms with Gasteiger partial charge in [-0.15, -0.1) is 0 Å². The van der Waals surface area contributed by atoms with Gasteiger partial charge in [-0.05, 0) is 61.8 Å². The molecule has 0 atom stereocenters. The third kappa shape index (κ3) is 5.18. The number of ether oxygens (including phenoxy) is 1. The van der Waals surface area contributed by atoms with Gasteiger partial charge in [0.25, 0.3) is 5.91 Å². The number of carbonyl (C=O) groups excluding carboxylic acids is 1. The predicted molar refractivity (Wildman–Crippen MR) is 119 cm³/mol. The van der Waals surface area contributed by atoms with E-state index in [2.05, 4.69) is 15.6 Å². The van der Waals surface area contributed by atoms with Gasteiger partial charge in [-0.3, -0.25) is 10.1 Å². The highest BCUT2D eigenvalue weighted by molar-refractivity contribution is 7.80. The Kier molecular flexibility index (Phi) is 6.57. The lowest BCUT2D eigenvalue weighted by molar-refractivity contribution is 0.0977. The molecule has 0 saturated carbocycles. The highest BCUT2D eigenvalue weighted by atomic mass is 32.1. The largest absolute Gasteiger partial charge is 0.487 e. The zero-order valence-corrected chi connectivity index (χ0v) is 17.5. The summed E-state index contributed by atoms with van der Waals surface area (Å²) in [4.78, 5) is 16.8. The molecule has 148 valence electrons. The molecule has 1 amide bonds. The van der Waals surface area contributed by atoms with Crippen molar-refractivity contribution in [3.8, 4) is 5.75 Å². The van der Waals surface area contributed by atoms with E-state index in [4.69, 9.17) is 17.0 Å². The van der Waals surface area contributed by atoms with Gasteiger partial charge in [0.2, 0.25) is 0 Å². The molecule has 0 saturated heterocycles. The zero-order chi connectivity index (χ0) is 20.8. The monoisotopic (exact) mass is 405 g/mol. The number of aromatic nitrogens is 1. The summed E-state index contributed by atoms with van der Waals surface area (Å²) in [5, 5.41) is 5.91. The molecule has 6 heteroatoms. The van der Waals surface area contributed by atoms with Gasteiger partial charge >= 0.3 is 0 Å². The predicted octanol–water partition coefficient (Wildman–Crippen LogP) is 4.71. The minimum absolute atomic E-state index is 0.200. The number of hydrogen-bond donors (Lipinski definition) is 2. The lowest BCUT2D eigenvalue weighted by atomic mass is 10.1. The first-order chi connectivity index (χ1) is 14.0. The molecule has 1 heterocycles. The van der Waals surface area contributed by atoms with E-state index < -0.39 is 0 Å². The first-order valence-electron chi connectivity index (χ1n) is 9.27. The molecule has 0 aliphatic carbocycles. The van der Waals surface area contributed by atoms with Crippen molar-refractivity contribution in [2.45, 2.75) is 27.4 Å². The van der Waals surface area contributed by atoms with E-state index in [0.717, 1.165) is 28.1 Å². The Morgan fingerprint density at radius 3 is 2.24 bits per heavy atom. The smallest absolute Gasteiger partial charge is 0.257 e. The van der Waals surface area contributed by atoms with E-state index in [9.17, 15) is 4.79 Å². The molecule has 0 bridgehead atoms. The second-order valence-electron chi connectivity index (χ2n) is 6.67. The molecule has 0 aliphatic heterocycles. The number of aryl methyl sites for hydroxylation is 1. The van der Waals surface area contributed by atoms with Gasteiger partial charge in [-0.2, -0.15) is 0 Å². The van der Waals surface area contributed by atoms with Gasteiger partial charge in [0.15, 0.2) is 5.11 Å². The SMILES string of the molecule is Cc1nc(NC(=S)NC(=O)c2ccccc2)c(C)c(C)c1OCc1ccccc1. The number of anilines is 1. The van der Waals surface area contributed by atoms with Crippen molar-refractivity contribution in [2.75, 3.05) is 5.32 Å². The van der Waals surface area contributed by atoms with Crippen molar-refractivity contribution in [3.63, 3.8) is 0 Å². The normalized spacial score (nSPS) is 10.3. The Labute approximate surface area is 176 Å². The number of pyridine rings is 1. The van der Waals surface area contributed by atoms with Crippen LogP contribution < -0.4 is 15.4 Å². The number of hydrogen-bond acceptors (Lipinski definition) is 4. The zero-order valence-electron chi connectivity index (χ0n) is 16.7. The van der Waals surface area contributed by atoms with Gasteiger partial charge in [0, 0.05) is 5.56 Å². The summed E-state index contributed by atoms with van der Waals surface area (Å²) >= 11 is 5.29. The van der Waals surface area contributed by atoms with Crippen molar-refractivity contribution in [1.29, 1.82) is 0 Å². The Morgan fingerprint density at radius 1 is 0.966 bits per heavy atom. The van der Waals surface area contributed by atoms with Crippen LogP contribution in [0.2, 0.25) is 0 Å². The topological polar surface area (TPSA) is 63.2 Å². The van der Waals surface area contributed by atoms with Crippen LogP contribution in [0.25, 0.3) is 0 Å². The molecular weight excluding hydrogens is 382 g/mol. The lowest BCUT2D eigenvalue weighted by Crippen LogP contribution is -2.34. The number of rotatable bonds is 5. The molecule has 0 spiro atoms. The molecule has 3 rings (SSSR count). The Balaban J connectivity index is 1.70. The van der Waals surface area contributed by atoms with Gasteiger partial charge in [0.1, 0.15) is 18.2 Å². The van der Waals surface area contributed by atoms with Crippen LogP contribution in [0.15, 0.2) is 60.7 Å². The quantitative estimate of drug-likeness (QED) is 0.602. The van der Waals surface area contributed by atoms with Crippen molar-refractivity contribution >= 4 is 29.1 Å². The van der Waals surface area contributed by atoms with Gasteiger partial charge < -0.3 is 10.1 Å². The molecule has 0 aliphatic rings. The van der Waals surface area contributed by atoms with Crippen molar-refractivity contribution < 1.29 is 9.53 Å². The fourth-order valence-electron chi connectivity index (χ4n) is 2.89. The number of carbonyl (C=O) groups is 1. The van der Waals surface area contributed by atoms with E-state index in [1.54, 1.807) is 24.3 Å². The summed E-state index contributed by atoms with van der Waals surface area (Å²) in [5.41, 5.74) is 4.28. The molecule has 0 fully saturated rings. The Morgan fingerprint density at radius 2 is 1.59 bits per heavy atom. The summed E-state index contributed by atoms with van der Waals surface area (Å²) in [5.74, 6) is 1.10. The molecular formula is C23H23N3O2S. The number of nitrogens with zero attached hydrogens (tertiary/aromatic N) is 1. The molecule has 0 unspecified atom stereocenters. The minimum atomic E-state index is -0.267. The van der Waals surface area contributed by atoms with Crippen molar-refractivity contribution in [2.24, 2.45) is 0 Å². The van der Waals surface area contributed by atoms with Gasteiger partial charge in [-0.25, -0.2) is 4.98 Å². The maximum absolute atomic E-state index is 12.3. The first kappa shape index (κ1) is 20.5. The fourth-order valence-corrected chi connectivity index (χ4v) is 3.08. The van der Waals surface area contributed by atoms with E-state index >= 15 is 0 Å². The standard InChI is InChI=1S/C23H23N3O2S/c1-15-16(2)21(25-23(29)26-22(27)19-12-8-5-9-13-19)24-17(3)20(15)28-14-18-10-6-4-7-11-18/h4-13H,14H2,1-3H3,(H2,24,25,26,27,29). The van der Waals surface area contributed by atoms with Crippen LogP contribution in [0.1, 0.15) is 32.7 Å². The van der Waals surface area contributed by atoms with Crippen molar-refractivity contribution in [3.05, 3.63) is 88.6 Å². The molecule has 2 aromatic carbocycles. The number of thiocarbonyl (C=S) groups is 1. The summed E-state index contributed by atoms with van der Waals surface area (Å²) in [6.07, 6.45) is 0. The van der Waals surface area contributed by atoms with Crippen LogP contribution in [0.4, 0.5) is 5.82 Å². The maximum atomic E-state index is 12.3. The highest BCUT2D eigenvalue weighted by Crippen LogP contribution is 2.29. The van der Waals surface area contributed by atoms with Gasteiger partial charge in [-0.1, -0.05) is 48.5 Å². The second-order valence-corrected chi connectivity index (χ2v) is 7.08. The molecule has 3 aromatic rings. The Bertz CT molecular complexity index is 1020. The third-order valence-corrected chi connectivity index (χ3v) is 4.79. The second kappa shape index (κ2) is 9.30. The molecule has 2 N–H and O–H groups in total. The van der Waals surface area contributed by atoms with Crippen molar-refractivity contribution in [1.82, 2.24) is 10.3 Å². The van der Waals surface area contributed by atoms with Crippen LogP contribution in [0.5, 0.6) is 5.75 Å². The van der Waals surface area contributed by atoms with E-state index in [-0.39, 0.29) is 11.0 Å². The van der Waals surface area contributed by atoms with Crippen LogP contribution in [0.3, 0.4) is 0 Å². The molecule has 0 radical (unpaired) electrons. The van der Waals surface area contributed by atoms with Crippen LogP contribution in [-0.4, -0.2) is 16.0 Å². The Hall–Kier alpha value is -3.25. The highest BCUT2D eigenvalue weighted by Gasteiger charge is 2.15. The van der Waals surface area contributed by atoms with E-state index in [0.29, 0.717) is 18.0 Å². The molecule has 1 aromatic heterocycles. The van der Waals surface area contributed by atoms with Crippen LogP contribution in [0, 0.1) is 20.8 Å². The number of benzene rings is 2. The minimum Gasteiger partial charge on any atom is -0.487 e. The van der Waals surface area contributed by atoms with E-state index in [1.807, 2.05) is 57.2 Å². The lowest BCUT2D eigenvalue weighted by Gasteiger charge is -2.18. The van der Waals surface area contributed by atoms with Gasteiger partial charge in [0.05, 0.1) is 5.69 Å². The average molecular weight is 406 g/mol. The van der Waals surface area contributed by atoms with Crippen LogP contribution in [-0.2, 0) is 6.61 Å². The molecule has 5 nitrogen and oxygen atoms in total. The summed E-state index contributed by atoms with van der Waals surface area (Å²) in [6, 6.07) is 18.9. The molecule has 29 heavy (non-hydrogen) atoms. The first-order valence-corrected chi connectivity index (χ1v) is 9.68.